The molecule has 0 aromatic carbocycles. The number of hydrogen-bond donors (Lipinski definition) is 2. The van der Waals surface area contributed by atoms with Crippen LogP contribution in [0.25, 0.3) is 0 Å². The summed E-state index contributed by atoms with van der Waals surface area (Å²) >= 11 is 1.40. The van der Waals surface area contributed by atoms with Gasteiger partial charge in [0.2, 0.25) is 0 Å². The van der Waals surface area contributed by atoms with Crippen molar-refractivity contribution < 1.29 is 9.90 Å². The highest BCUT2D eigenvalue weighted by Gasteiger charge is 2.13. The molecular formula is C11H18N2O2S. The highest BCUT2D eigenvalue weighted by molar-refractivity contribution is 7.15. The molecule has 0 saturated heterocycles. The number of aromatic carboxylic acids is 1. The third-order valence-corrected chi connectivity index (χ3v) is 3.23. The molecule has 16 heavy (non-hydrogen) atoms. The third-order valence-electron chi connectivity index (χ3n) is 2.31. The van der Waals surface area contributed by atoms with Gasteiger partial charge in [-0.3, -0.25) is 0 Å². The average molecular weight is 242 g/mol. The van der Waals surface area contributed by atoms with Gasteiger partial charge in [0.05, 0.1) is 0 Å². The number of carbonyl (C=O) groups is 1. The minimum Gasteiger partial charge on any atom is -0.476 e. The summed E-state index contributed by atoms with van der Waals surface area (Å²) in [5.74, 6) is -0.951. The number of carboxylic acid groups (broad SMARTS) is 1. The van der Waals surface area contributed by atoms with Gasteiger partial charge in [0, 0.05) is 11.4 Å². The Morgan fingerprint density at radius 2 is 2.19 bits per heavy atom. The van der Waals surface area contributed by atoms with Gasteiger partial charge in [0.25, 0.3) is 0 Å². The molecule has 0 aliphatic rings. The van der Waals surface area contributed by atoms with Crippen molar-refractivity contribution in [3.63, 3.8) is 0 Å². The number of rotatable bonds is 7. The van der Waals surface area contributed by atoms with Crippen LogP contribution in [0.3, 0.4) is 0 Å². The van der Waals surface area contributed by atoms with Crippen LogP contribution in [0.5, 0.6) is 0 Å². The van der Waals surface area contributed by atoms with Crippen molar-refractivity contribution >= 4 is 22.4 Å². The number of nitrogens with one attached hydrogen (secondary N) is 1. The van der Waals surface area contributed by atoms with E-state index in [1.54, 1.807) is 6.92 Å². The summed E-state index contributed by atoms with van der Waals surface area (Å²) in [5, 5.41) is 12.7. The van der Waals surface area contributed by atoms with E-state index in [9.17, 15) is 4.79 Å². The van der Waals surface area contributed by atoms with Crippen LogP contribution in [0.1, 0.15) is 48.0 Å². The topological polar surface area (TPSA) is 62.2 Å². The third kappa shape index (κ3) is 3.81. The number of anilines is 1. The van der Waals surface area contributed by atoms with Gasteiger partial charge in [-0.1, -0.05) is 26.2 Å². The molecule has 0 aliphatic heterocycles. The number of unbranched alkanes of at least 4 members (excludes halogenated alkanes) is 3. The van der Waals surface area contributed by atoms with E-state index in [0.29, 0.717) is 5.13 Å². The van der Waals surface area contributed by atoms with Crippen molar-refractivity contribution in [2.24, 2.45) is 0 Å². The average Bonchev–Trinajstić information content (AvgIpc) is 2.59. The van der Waals surface area contributed by atoms with Crippen LogP contribution in [-0.2, 0) is 0 Å². The Balaban J connectivity index is 2.37. The van der Waals surface area contributed by atoms with Crippen LogP contribution in [0.15, 0.2) is 0 Å². The Labute approximate surface area is 99.7 Å². The van der Waals surface area contributed by atoms with E-state index in [0.717, 1.165) is 17.8 Å². The van der Waals surface area contributed by atoms with E-state index in [1.807, 2.05) is 0 Å². The molecule has 0 spiro atoms. The fourth-order valence-electron chi connectivity index (χ4n) is 1.42. The molecule has 0 bridgehead atoms. The summed E-state index contributed by atoms with van der Waals surface area (Å²) in [7, 11) is 0. The molecular weight excluding hydrogens is 224 g/mol. The number of nitrogens with zero attached hydrogens (tertiary/aromatic N) is 1. The Morgan fingerprint density at radius 1 is 1.44 bits per heavy atom. The molecule has 0 unspecified atom stereocenters. The first kappa shape index (κ1) is 13.0. The molecule has 0 radical (unpaired) electrons. The molecule has 1 heterocycles. The van der Waals surface area contributed by atoms with Gasteiger partial charge >= 0.3 is 5.97 Å². The fourth-order valence-corrected chi connectivity index (χ4v) is 2.25. The second kappa shape index (κ2) is 6.48. The summed E-state index contributed by atoms with van der Waals surface area (Å²) < 4.78 is 0. The first-order chi connectivity index (χ1) is 7.65. The number of thiazole rings is 1. The molecule has 90 valence electrons. The van der Waals surface area contributed by atoms with E-state index in [4.69, 9.17) is 5.11 Å². The normalized spacial score (nSPS) is 10.4. The molecule has 1 aromatic heterocycles. The van der Waals surface area contributed by atoms with Crippen LogP contribution < -0.4 is 5.32 Å². The lowest BCUT2D eigenvalue weighted by Crippen LogP contribution is -2.02. The largest absolute Gasteiger partial charge is 0.476 e. The van der Waals surface area contributed by atoms with Gasteiger partial charge < -0.3 is 10.4 Å². The van der Waals surface area contributed by atoms with Crippen LogP contribution in [0.4, 0.5) is 5.13 Å². The summed E-state index contributed by atoms with van der Waals surface area (Å²) in [5.41, 5.74) is 0.168. The second-order valence-electron chi connectivity index (χ2n) is 3.72. The van der Waals surface area contributed by atoms with Crippen molar-refractivity contribution in [1.29, 1.82) is 0 Å². The molecule has 4 nitrogen and oxygen atoms in total. The summed E-state index contributed by atoms with van der Waals surface area (Å²) in [6.07, 6.45) is 4.78. The number of aryl methyl sites for hydroxylation is 1. The summed E-state index contributed by atoms with van der Waals surface area (Å²) in [4.78, 5) is 15.6. The van der Waals surface area contributed by atoms with Crippen molar-refractivity contribution in [1.82, 2.24) is 4.98 Å². The van der Waals surface area contributed by atoms with Gasteiger partial charge in [0.1, 0.15) is 0 Å². The van der Waals surface area contributed by atoms with Gasteiger partial charge in [0.15, 0.2) is 10.8 Å². The van der Waals surface area contributed by atoms with E-state index in [-0.39, 0.29) is 5.69 Å². The van der Waals surface area contributed by atoms with Crippen LogP contribution in [0, 0.1) is 6.92 Å². The SMILES string of the molecule is CCCCCCNc1nc(C(=O)O)c(C)s1. The van der Waals surface area contributed by atoms with Crippen molar-refractivity contribution in [3.8, 4) is 0 Å². The van der Waals surface area contributed by atoms with Gasteiger partial charge in [-0.15, -0.1) is 11.3 Å². The highest BCUT2D eigenvalue weighted by atomic mass is 32.1. The summed E-state index contributed by atoms with van der Waals surface area (Å²) in [6, 6.07) is 0. The van der Waals surface area contributed by atoms with Gasteiger partial charge in [-0.2, -0.15) is 0 Å². The molecule has 2 N–H and O–H groups in total. The van der Waals surface area contributed by atoms with Crippen LogP contribution >= 0.6 is 11.3 Å². The Morgan fingerprint density at radius 3 is 2.75 bits per heavy atom. The molecule has 0 amide bonds. The number of aromatic nitrogens is 1. The van der Waals surface area contributed by atoms with Crippen molar-refractivity contribution in [3.05, 3.63) is 10.6 Å². The lowest BCUT2D eigenvalue weighted by atomic mass is 10.2. The van der Waals surface area contributed by atoms with Gasteiger partial charge in [-0.05, 0) is 13.3 Å². The number of carboxylic acids is 1. The maximum atomic E-state index is 10.8. The predicted molar refractivity (Wildman–Crippen MR) is 66.4 cm³/mol. The van der Waals surface area contributed by atoms with E-state index in [1.165, 1.54) is 30.6 Å². The van der Waals surface area contributed by atoms with E-state index < -0.39 is 5.97 Å². The Hall–Kier alpha value is -1.10. The second-order valence-corrected chi connectivity index (χ2v) is 4.92. The van der Waals surface area contributed by atoms with E-state index >= 15 is 0 Å². The van der Waals surface area contributed by atoms with Gasteiger partial charge in [-0.25, -0.2) is 9.78 Å². The predicted octanol–water partition coefficient (Wildman–Crippen LogP) is 3.14. The van der Waals surface area contributed by atoms with Crippen molar-refractivity contribution in [2.45, 2.75) is 39.5 Å². The maximum Gasteiger partial charge on any atom is 0.355 e. The molecule has 0 saturated carbocycles. The fraction of sp³-hybridized carbons (Fsp3) is 0.636. The molecule has 1 aromatic rings. The lowest BCUT2D eigenvalue weighted by Gasteiger charge is -2.00. The first-order valence-electron chi connectivity index (χ1n) is 5.59. The first-order valence-corrected chi connectivity index (χ1v) is 6.41. The quantitative estimate of drug-likeness (QED) is 0.721. The molecule has 5 heteroatoms. The van der Waals surface area contributed by atoms with Crippen LogP contribution in [-0.4, -0.2) is 22.6 Å². The highest BCUT2D eigenvalue weighted by Crippen LogP contribution is 2.21. The van der Waals surface area contributed by atoms with Crippen molar-refractivity contribution in [2.75, 3.05) is 11.9 Å². The zero-order valence-electron chi connectivity index (χ0n) is 9.75. The van der Waals surface area contributed by atoms with Crippen LogP contribution in [0.2, 0.25) is 0 Å². The smallest absolute Gasteiger partial charge is 0.355 e. The molecule has 1 rings (SSSR count). The lowest BCUT2D eigenvalue weighted by molar-refractivity contribution is 0.0690. The maximum absolute atomic E-state index is 10.8. The molecule has 0 fully saturated rings. The van der Waals surface area contributed by atoms with E-state index in [2.05, 4.69) is 17.2 Å². The Kier molecular flexibility index (Phi) is 5.25. The minimum absolute atomic E-state index is 0.168. The summed E-state index contributed by atoms with van der Waals surface area (Å²) in [6.45, 7) is 4.83. The zero-order valence-corrected chi connectivity index (χ0v) is 10.6. The standard InChI is InChI=1S/C11H18N2O2S/c1-3-4-5-6-7-12-11-13-9(10(14)15)8(2)16-11/h3-7H2,1-2H3,(H,12,13)(H,14,15). The minimum atomic E-state index is -0.951. The molecule has 0 atom stereocenters. The monoisotopic (exact) mass is 242 g/mol. The molecule has 0 aliphatic carbocycles. The Bertz CT molecular complexity index is 350. The zero-order chi connectivity index (χ0) is 12.0. The number of hydrogen-bond acceptors (Lipinski definition) is 4.